The van der Waals surface area contributed by atoms with Crippen LogP contribution in [-0.4, -0.2) is 11.1 Å². The van der Waals surface area contributed by atoms with Crippen molar-refractivity contribution in [2.24, 2.45) is 0 Å². The molecular weight excluding hydrogens is 322 g/mol. The van der Waals surface area contributed by atoms with Gasteiger partial charge in [-0.15, -0.1) is 0 Å². The largest absolute Gasteiger partial charge is 0.475 e. The number of halogens is 1. The molecule has 2 N–H and O–H groups in total. The van der Waals surface area contributed by atoms with Crippen molar-refractivity contribution in [2.45, 2.75) is 25.9 Å². The van der Waals surface area contributed by atoms with E-state index in [-0.39, 0.29) is 17.8 Å². The van der Waals surface area contributed by atoms with Crippen LogP contribution in [0, 0.1) is 0 Å². The summed E-state index contributed by atoms with van der Waals surface area (Å²) in [7, 11) is 0. The van der Waals surface area contributed by atoms with Crippen LogP contribution in [0.15, 0.2) is 45.3 Å². The second kappa shape index (κ2) is 6.24. The Bertz CT molecular complexity index is 591. The molecule has 0 aliphatic carbocycles. The SMILES string of the molecule is CC(NC(C)c1ccc(C(=O)O)o1)c1ccc(Br)cc1. The van der Waals surface area contributed by atoms with Gasteiger partial charge in [-0.3, -0.25) is 0 Å². The number of carboxylic acids is 1. The van der Waals surface area contributed by atoms with Crippen LogP contribution < -0.4 is 5.32 Å². The Balaban J connectivity index is 2.04. The Morgan fingerprint density at radius 2 is 1.80 bits per heavy atom. The van der Waals surface area contributed by atoms with E-state index in [1.54, 1.807) is 6.07 Å². The van der Waals surface area contributed by atoms with Gasteiger partial charge >= 0.3 is 5.97 Å². The van der Waals surface area contributed by atoms with Gasteiger partial charge in [0.15, 0.2) is 0 Å². The zero-order valence-corrected chi connectivity index (χ0v) is 12.8. The number of furan rings is 1. The van der Waals surface area contributed by atoms with E-state index in [9.17, 15) is 4.79 Å². The summed E-state index contributed by atoms with van der Waals surface area (Å²) in [5.74, 6) is -0.472. The van der Waals surface area contributed by atoms with Crippen LogP contribution >= 0.6 is 15.9 Å². The molecule has 0 saturated heterocycles. The molecule has 5 heteroatoms. The molecule has 0 radical (unpaired) electrons. The van der Waals surface area contributed by atoms with Gasteiger partial charge in [0.2, 0.25) is 5.76 Å². The molecule has 0 saturated carbocycles. The Morgan fingerprint density at radius 1 is 1.15 bits per heavy atom. The van der Waals surface area contributed by atoms with Crippen LogP contribution in [0.5, 0.6) is 0 Å². The molecule has 2 atom stereocenters. The average molecular weight is 338 g/mol. The first kappa shape index (κ1) is 14.8. The van der Waals surface area contributed by atoms with Gasteiger partial charge in [-0.25, -0.2) is 4.79 Å². The molecule has 0 bridgehead atoms. The molecule has 20 heavy (non-hydrogen) atoms. The summed E-state index contributed by atoms with van der Waals surface area (Å²) in [4.78, 5) is 10.8. The van der Waals surface area contributed by atoms with Crippen molar-refractivity contribution in [3.8, 4) is 0 Å². The predicted molar refractivity (Wildman–Crippen MR) is 79.8 cm³/mol. The third-order valence-corrected chi connectivity index (χ3v) is 3.66. The van der Waals surface area contributed by atoms with Crippen LogP contribution in [0.1, 0.15) is 47.8 Å². The summed E-state index contributed by atoms with van der Waals surface area (Å²) in [6, 6.07) is 11.3. The maximum atomic E-state index is 10.8. The zero-order chi connectivity index (χ0) is 14.7. The standard InChI is InChI=1S/C15H16BrNO3/c1-9(11-3-5-12(16)6-4-11)17-10(2)13-7-8-14(20-13)15(18)19/h3-10,17H,1-2H3,(H,18,19). The molecule has 1 aromatic heterocycles. The lowest BCUT2D eigenvalue weighted by Gasteiger charge is -2.19. The zero-order valence-electron chi connectivity index (χ0n) is 11.3. The van der Waals surface area contributed by atoms with Crippen LogP contribution in [-0.2, 0) is 0 Å². The molecule has 2 unspecified atom stereocenters. The number of benzene rings is 1. The van der Waals surface area contributed by atoms with Gasteiger partial charge in [-0.1, -0.05) is 28.1 Å². The topological polar surface area (TPSA) is 62.5 Å². The molecule has 0 spiro atoms. The van der Waals surface area contributed by atoms with Crippen molar-refractivity contribution < 1.29 is 14.3 Å². The highest BCUT2D eigenvalue weighted by Crippen LogP contribution is 2.22. The number of aromatic carboxylic acids is 1. The lowest BCUT2D eigenvalue weighted by atomic mass is 10.1. The van der Waals surface area contributed by atoms with Crippen molar-refractivity contribution in [2.75, 3.05) is 0 Å². The molecule has 0 aliphatic heterocycles. The summed E-state index contributed by atoms with van der Waals surface area (Å²) >= 11 is 3.41. The summed E-state index contributed by atoms with van der Waals surface area (Å²) in [5, 5.41) is 12.2. The fraction of sp³-hybridized carbons (Fsp3) is 0.267. The maximum absolute atomic E-state index is 10.8. The number of hydrogen-bond donors (Lipinski definition) is 2. The van der Waals surface area contributed by atoms with Crippen molar-refractivity contribution in [1.29, 1.82) is 0 Å². The minimum absolute atomic E-state index is 0.0371. The summed E-state index contributed by atoms with van der Waals surface area (Å²) in [5.41, 5.74) is 1.16. The maximum Gasteiger partial charge on any atom is 0.371 e. The van der Waals surface area contributed by atoms with E-state index in [0.29, 0.717) is 5.76 Å². The highest BCUT2D eigenvalue weighted by molar-refractivity contribution is 9.10. The van der Waals surface area contributed by atoms with Crippen molar-refractivity contribution in [3.63, 3.8) is 0 Å². The predicted octanol–water partition coefficient (Wildman–Crippen LogP) is 4.15. The summed E-state index contributed by atoms with van der Waals surface area (Å²) in [6.07, 6.45) is 0. The van der Waals surface area contributed by atoms with E-state index in [2.05, 4.69) is 28.2 Å². The first-order valence-electron chi connectivity index (χ1n) is 6.32. The van der Waals surface area contributed by atoms with E-state index < -0.39 is 5.97 Å². The molecular formula is C15H16BrNO3. The monoisotopic (exact) mass is 337 g/mol. The molecule has 0 amide bonds. The minimum atomic E-state index is -1.05. The van der Waals surface area contributed by atoms with Crippen LogP contribution in [0.4, 0.5) is 0 Å². The van der Waals surface area contributed by atoms with Gasteiger partial charge in [0, 0.05) is 10.5 Å². The molecule has 0 aliphatic rings. The smallest absolute Gasteiger partial charge is 0.371 e. The molecule has 1 aromatic carbocycles. The van der Waals surface area contributed by atoms with E-state index >= 15 is 0 Å². The van der Waals surface area contributed by atoms with Gasteiger partial charge in [-0.05, 0) is 43.7 Å². The van der Waals surface area contributed by atoms with E-state index in [1.165, 1.54) is 6.07 Å². The Morgan fingerprint density at radius 3 is 2.35 bits per heavy atom. The number of rotatable bonds is 5. The normalized spacial score (nSPS) is 13.9. The van der Waals surface area contributed by atoms with Gasteiger partial charge in [0.05, 0.1) is 6.04 Å². The second-order valence-electron chi connectivity index (χ2n) is 4.67. The highest BCUT2D eigenvalue weighted by Gasteiger charge is 2.16. The Labute approximate surface area is 125 Å². The molecule has 106 valence electrons. The molecule has 2 rings (SSSR count). The number of carboxylic acid groups (broad SMARTS) is 1. The average Bonchev–Trinajstić information content (AvgIpc) is 2.89. The van der Waals surface area contributed by atoms with Crippen LogP contribution in [0.25, 0.3) is 0 Å². The third-order valence-electron chi connectivity index (χ3n) is 3.13. The third kappa shape index (κ3) is 3.49. The number of carbonyl (C=O) groups is 1. The van der Waals surface area contributed by atoms with Crippen molar-refractivity contribution in [3.05, 3.63) is 58.0 Å². The van der Waals surface area contributed by atoms with E-state index in [1.807, 2.05) is 31.2 Å². The molecule has 2 aromatic rings. The molecule has 1 heterocycles. The van der Waals surface area contributed by atoms with Crippen molar-refractivity contribution in [1.82, 2.24) is 5.32 Å². The first-order valence-corrected chi connectivity index (χ1v) is 7.11. The molecule has 0 fully saturated rings. The first-order chi connectivity index (χ1) is 9.47. The fourth-order valence-corrected chi connectivity index (χ4v) is 2.27. The van der Waals surface area contributed by atoms with E-state index in [4.69, 9.17) is 9.52 Å². The van der Waals surface area contributed by atoms with Gasteiger partial charge in [0.25, 0.3) is 0 Å². The molecule has 4 nitrogen and oxygen atoms in total. The Hall–Kier alpha value is -1.59. The number of nitrogens with one attached hydrogen (secondary N) is 1. The van der Waals surface area contributed by atoms with Gasteiger partial charge < -0.3 is 14.8 Å². The fourth-order valence-electron chi connectivity index (χ4n) is 2.01. The van der Waals surface area contributed by atoms with Crippen LogP contribution in [0.2, 0.25) is 0 Å². The second-order valence-corrected chi connectivity index (χ2v) is 5.58. The number of hydrogen-bond acceptors (Lipinski definition) is 3. The van der Waals surface area contributed by atoms with Crippen molar-refractivity contribution >= 4 is 21.9 Å². The highest BCUT2D eigenvalue weighted by atomic mass is 79.9. The Kier molecular flexibility index (Phi) is 4.62. The summed E-state index contributed by atoms with van der Waals surface area (Å²) < 4.78 is 6.33. The minimum Gasteiger partial charge on any atom is -0.475 e. The lowest BCUT2D eigenvalue weighted by Crippen LogP contribution is -2.22. The lowest BCUT2D eigenvalue weighted by molar-refractivity contribution is 0.0659. The van der Waals surface area contributed by atoms with Crippen LogP contribution in [0.3, 0.4) is 0 Å². The van der Waals surface area contributed by atoms with Gasteiger partial charge in [-0.2, -0.15) is 0 Å². The quantitative estimate of drug-likeness (QED) is 0.860. The van der Waals surface area contributed by atoms with Gasteiger partial charge in [0.1, 0.15) is 5.76 Å². The van der Waals surface area contributed by atoms with E-state index in [0.717, 1.165) is 10.0 Å². The summed E-state index contributed by atoms with van der Waals surface area (Å²) in [6.45, 7) is 4.00.